The molecular weight excluding hydrogens is 372 g/mol. The quantitative estimate of drug-likeness (QED) is 0.620. The van der Waals surface area contributed by atoms with E-state index in [2.05, 4.69) is 10.3 Å². The Balaban J connectivity index is 1.50. The topological polar surface area (TPSA) is 108 Å². The number of nitrogens with one attached hydrogen (secondary N) is 1. The van der Waals surface area contributed by atoms with Crippen molar-refractivity contribution in [1.29, 1.82) is 0 Å². The Morgan fingerprint density at radius 3 is 2.81 bits per heavy atom. The van der Waals surface area contributed by atoms with Gasteiger partial charge in [-0.25, -0.2) is 9.78 Å². The molecule has 0 aliphatic heterocycles. The second-order valence-electron chi connectivity index (χ2n) is 5.40. The van der Waals surface area contributed by atoms with Crippen molar-refractivity contribution < 1.29 is 28.3 Å². The maximum absolute atomic E-state index is 12.0. The van der Waals surface area contributed by atoms with Gasteiger partial charge in [0.2, 0.25) is 5.76 Å². The first kappa shape index (κ1) is 18.6. The number of furan rings is 1. The van der Waals surface area contributed by atoms with E-state index in [4.69, 9.17) is 13.9 Å². The molecule has 3 rings (SSSR count). The number of nitrogens with zero attached hydrogens (tertiary/aromatic N) is 1. The minimum atomic E-state index is -0.733. The fraction of sp³-hybridized carbons (Fsp3) is 0.222. The molecule has 0 spiro atoms. The molecule has 0 bridgehead atoms. The summed E-state index contributed by atoms with van der Waals surface area (Å²) in [6, 6.07) is 8.70. The lowest BCUT2D eigenvalue weighted by molar-refractivity contribution is -0.142. The van der Waals surface area contributed by atoms with Gasteiger partial charge >= 0.3 is 11.9 Å². The Morgan fingerprint density at radius 1 is 1.22 bits per heavy atom. The van der Waals surface area contributed by atoms with Crippen molar-refractivity contribution in [3.63, 3.8) is 0 Å². The van der Waals surface area contributed by atoms with E-state index in [0.29, 0.717) is 23.0 Å². The predicted molar refractivity (Wildman–Crippen MR) is 97.6 cm³/mol. The Hall–Kier alpha value is -3.20. The first-order valence-corrected chi connectivity index (χ1v) is 8.98. The number of ether oxygens (including phenoxy) is 2. The van der Waals surface area contributed by atoms with E-state index < -0.39 is 18.5 Å². The number of carbonyl (C=O) groups excluding carboxylic acids is 3. The van der Waals surface area contributed by atoms with E-state index in [-0.39, 0.29) is 18.2 Å². The summed E-state index contributed by atoms with van der Waals surface area (Å²) in [4.78, 5) is 39.4. The fourth-order valence-corrected chi connectivity index (χ4v) is 2.97. The lowest BCUT2D eigenvalue weighted by Gasteiger charge is -2.02. The summed E-state index contributed by atoms with van der Waals surface area (Å²) in [6.45, 7) is 1.53. The van der Waals surface area contributed by atoms with E-state index in [9.17, 15) is 14.4 Å². The van der Waals surface area contributed by atoms with Gasteiger partial charge in [0.05, 0.1) is 18.7 Å². The largest absolute Gasteiger partial charge is 0.466 e. The van der Waals surface area contributed by atoms with Crippen LogP contribution < -0.4 is 5.32 Å². The highest BCUT2D eigenvalue weighted by atomic mass is 32.1. The van der Waals surface area contributed by atoms with Crippen LogP contribution in [0, 0.1) is 0 Å². The Labute approximate surface area is 158 Å². The van der Waals surface area contributed by atoms with Crippen LogP contribution in [-0.4, -0.2) is 36.0 Å². The van der Waals surface area contributed by atoms with Crippen LogP contribution in [0.3, 0.4) is 0 Å². The maximum atomic E-state index is 12.0. The summed E-state index contributed by atoms with van der Waals surface area (Å²) < 4.78 is 15.2. The average molecular weight is 388 g/mol. The molecule has 0 atom stereocenters. The van der Waals surface area contributed by atoms with E-state index in [1.165, 1.54) is 0 Å². The highest BCUT2D eigenvalue weighted by molar-refractivity contribution is 7.13. The van der Waals surface area contributed by atoms with Crippen LogP contribution in [0.1, 0.15) is 23.2 Å². The number of benzene rings is 1. The fourth-order valence-electron chi connectivity index (χ4n) is 2.25. The predicted octanol–water partition coefficient (Wildman–Crippen LogP) is 2.79. The normalized spacial score (nSPS) is 10.6. The molecule has 1 amide bonds. The number of thiazole rings is 1. The second-order valence-corrected chi connectivity index (χ2v) is 6.26. The van der Waals surface area contributed by atoms with Gasteiger partial charge < -0.3 is 13.9 Å². The van der Waals surface area contributed by atoms with Crippen LogP contribution >= 0.6 is 11.3 Å². The first-order chi connectivity index (χ1) is 13.0. The molecule has 0 fully saturated rings. The van der Waals surface area contributed by atoms with Crippen LogP contribution in [0.5, 0.6) is 0 Å². The summed E-state index contributed by atoms with van der Waals surface area (Å²) in [7, 11) is 0. The van der Waals surface area contributed by atoms with Crippen LogP contribution in [0.25, 0.3) is 11.0 Å². The van der Waals surface area contributed by atoms with E-state index in [1.807, 2.05) is 6.07 Å². The minimum Gasteiger partial charge on any atom is -0.466 e. The molecule has 0 unspecified atom stereocenters. The van der Waals surface area contributed by atoms with Crippen molar-refractivity contribution in [1.82, 2.24) is 4.98 Å². The smallest absolute Gasteiger partial charge is 0.374 e. The van der Waals surface area contributed by atoms with Crippen LogP contribution in [0.15, 0.2) is 40.1 Å². The van der Waals surface area contributed by atoms with Crippen molar-refractivity contribution in [2.45, 2.75) is 13.3 Å². The monoisotopic (exact) mass is 388 g/mol. The summed E-state index contributed by atoms with van der Waals surface area (Å²) >= 11 is 1.16. The number of aromatic nitrogens is 1. The molecule has 2 heterocycles. The molecule has 0 radical (unpaired) electrons. The van der Waals surface area contributed by atoms with Crippen LogP contribution in [0.4, 0.5) is 5.13 Å². The minimum absolute atomic E-state index is 0.0231. The van der Waals surface area contributed by atoms with Gasteiger partial charge in [-0.1, -0.05) is 18.2 Å². The Kier molecular flexibility index (Phi) is 5.82. The first-order valence-electron chi connectivity index (χ1n) is 8.10. The van der Waals surface area contributed by atoms with E-state index in [0.717, 1.165) is 16.7 Å². The molecule has 3 aromatic rings. The maximum Gasteiger partial charge on any atom is 0.374 e. The number of carbonyl (C=O) groups is 3. The molecular formula is C18H16N2O6S. The Morgan fingerprint density at radius 2 is 2.04 bits per heavy atom. The van der Waals surface area contributed by atoms with Gasteiger partial charge in [0.1, 0.15) is 5.58 Å². The molecule has 0 aliphatic rings. The Bertz CT molecular complexity index is 944. The van der Waals surface area contributed by atoms with Crippen molar-refractivity contribution in [3.8, 4) is 0 Å². The summed E-state index contributed by atoms with van der Waals surface area (Å²) in [5.41, 5.74) is 1.05. The zero-order valence-electron chi connectivity index (χ0n) is 14.4. The number of para-hydroxylation sites is 1. The second kappa shape index (κ2) is 8.45. The van der Waals surface area contributed by atoms with Crippen molar-refractivity contribution in [2.75, 3.05) is 18.5 Å². The van der Waals surface area contributed by atoms with E-state index >= 15 is 0 Å². The van der Waals surface area contributed by atoms with Gasteiger partial charge in [-0.05, 0) is 19.1 Å². The number of hydrogen-bond acceptors (Lipinski definition) is 8. The third kappa shape index (κ3) is 4.91. The molecule has 0 saturated carbocycles. The SMILES string of the molecule is CCOC(=O)Cc1csc(NC(=O)COC(=O)c2cc3ccccc3o2)n1. The zero-order valence-corrected chi connectivity index (χ0v) is 15.2. The van der Waals surface area contributed by atoms with Crippen molar-refractivity contribution in [3.05, 3.63) is 47.2 Å². The number of amides is 1. The molecule has 27 heavy (non-hydrogen) atoms. The molecule has 8 nitrogen and oxygen atoms in total. The van der Waals surface area contributed by atoms with Crippen molar-refractivity contribution in [2.24, 2.45) is 0 Å². The lowest BCUT2D eigenvalue weighted by Crippen LogP contribution is -2.20. The van der Waals surface area contributed by atoms with Gasteiger partial charge in [0.25, 0.3) is 5.91 Å². The third-order valence-corrected chi connectivity index (χ3v) is 4.20. The standard InChI is InChI=1S/C18H16N2O6S/c1-2-24-16(22)8-12-10-27-18(19-12)20-15(21)9-25-17(23)14-7-11-5-3-4-6-13(11)26-14/h3-7,10H,2,8-9H2,1H3,(H,19,20,21). The zero-order chi connectivity index (χ0) is 19.2. The molecule has 9 heteroatoms. The number of esters is 2. The highest BCUT2D eigenvalue weighted by Crippen LogP contribution is 2.19. The van der Waals surface area contributed by atoms with Gasteiger partial charge in [-0.15, -0.1) is 11.3 Å². The molecule has 1 aromatic carbocycles. The molecule has 0 aliphatic carbocycles. The van der Waals surface area contributed by atoms with Crippen LogP contribution in [-0.2, 0) is 25.5 Å². The summed E-state index contributed by atoms with van der Waals surface area (Å²) in [6.07, 6.45) is 0.0290. The molecule has 140 valence electrons. The van der Waals surface area contributed by atoms with E-state index in [1.54, 1.807) is 36.6 Å². The highest BCUT2D eigenvalue weighted by Gasteiger charge is 2.16. The molecule has 2 aromatic heterocycles. The van der Waals surface area contributed by atoms with Gasteiger partial charge in [-0.2, -0.15) is 0 Å². The number of anilines is 1. The number of rotatable bonds is 7. The molecule has 1 N–H and O–H groups in total. The number of hydrogen-bond donors (Lipinski definition) is 1. The summed E-state index contributed by atoms with van der Waals surface area (Å²) in [5, 5.41) is 5.23. The van der Waals surface area contributed by atoms with Gasteiger partial charge in [0, 0.05) is 10.8 Å². The lowest BCUT2D eigenvalue weighted by atomic mass is 10.2. The third-order valence-electron chi connectivity index (χ3n) is 3.39. The average Bonchev–Trinajstić information content (AvgIpc) is 3.26. The number of fused-ring (bicyclic) bond motifs is 1. The van der Waals surface area contributed by atoms with Crippen LogP contribution in [0.2, 0.25) is 0 Å². The molecule has 0 saturated heterocycles. The van der Waals surface area contributed by atoms with Crippen molar-refractivity contribution >= 4 is 45.3 Å². The summed E-state index contributed by atoms with van der Waals surface area (Å²) in [5.74, 6) is -1.64. The van der Waals surface area contributed by atoms with Gasteiger partial charge in [0.15, 0.2) is 11.7 Å². The van der Waals surface area contributed by atoms with Gasteiger partial charge in [-0.3, -0.25) is 14.9 Å².